The van der Waals surface area contributed by atoms with Gasteiger partial charge in [0.1, 0.15) is 0 Å². The van der Waals surface area contributed by atoms with E-state index in [2.05, 4.69) is 39.7 Å². The van der Waals surface area contributed by atoms with Gasteiger partial charge in [0.25, 0.3) is 5.91 Å². The molecule has 0 spiro atoms. The van der Waals surface area contributed by atoms with Crippen LogP contribution >= 0.6 is 0 Å². The summed E-state index contributed by atoms with van der Waals surface area (Å²) in [6.07, 6.45) is 1.75. The molecule has 146 valence electrons. The third-order valence-electron chi connectivity index (χ3n) is 4.51. The van der Waals surface area contributed by atoms with E-state index in [1.165, 1.54) is 0 Å². The average Bonchev–Trinajstić information content (AvgIpc) is 3.19. The second kappa shape index (κ2) is 8.20. The van der Waals surface area contributed by atoms with Crippen LogP contribution in [0.4, 0.5) is 0 Å². The summed E-state index contributed by atoms with van der Waals surface area (Å²) >= 11 is 0. The van der Waals surface area contributed by atoms with Crippen LogP contribution in [-0.4, -0.2) is 57.5 Å². The van der Waals surface area contributed by atoms with Crippen molar-refractivity contribution < 1.29 is 19.4 Å². The maximum absolute atomic E-state index is 13.1. The molecule has 1 aliphatic heterocycles. The van der Waals surface area contributed by atoms with Crippen LogP contribution in [0.3, 0.4) is 0 Å². The minimum absolute atomic E-state index is 0.0259. The fourth-order valence-electron chi connectivity index (χ4n) is 3.15. The molecule has 1 aliphatic rings. The second-order valence-corrected chi connectivity index (χ2v) is 8.22. The Labute approximate surface area is 155 Å². The normalized spacial score (nSPS) is 17.7. The maximum Gasteiger partial charge on any atom is 0.305 e. The zero-order valence-corrected chi connectivity index (χ0v) is 16.5. The van der Waals surface area contributed by atoms with E-state index in [9.17, 15) is 9.59 Å². The number of hydrogen-bond acceptors (Lipinski definition) is 4. The van der Waals surface area contributed by atoms with Crippen LogP contribution < -0.4 is 0 Å². The molecule has 0 unspecified atom stereocenters. The van der Waals surface area contributed by atoms with E-state index in [1.807, 2.05) is 10.7 Å². The highest BCUT2D eigenvalue weighted by atomic mass is 16.5. The molecule has 0 aromatic carbocycles. The number of carboxylic acid groups (broad SMARTS) is 1. The van der Waals surface area contributed by atoms with Crippen LogP contribution in [0.5, 0.6) is 0 Å². The van der Waals surface area contributed by atoms with Gasteiger partial charge in [-0.3, -0.25) is 14.3 Å². The van der Waals surface area contributed by atoms with Crippen LogP contribution in [0.25, 0.3) is 0 Å². The van der Waals surface area contributed by atoms with Gasteiger partial charge in [-0.1, -0.05) is 13.8 Å². The first-order valence-corrected chi connectivity index (χ1v) is 9.32. The number of carbonyl (C=O) groups excluding carboxylic acids is 1. The topological polar surface area (TPSA) is 84.7 Å². The average molecular weight is 365 g/mol. The quantitative estimate of drug-likeness (QED) is 0.803. The van der Waals surface area contributed by atoms with E-state index in [0.29, 0.717) is 18.8 Å². The highest BCUT2D eigenvalue weighted by Crippen LogP contribution is 2.24. The van der Waals surface area contributed by atoms with E-state index >= 15 is 0 Å². The molecule has 0 radical (unpaired) electrons. The molecular weight excluding hydrogens is 334 g/mol. The van der Waals surface area contributed by atoms with Crippen LogP contribution in [-0.2, 0) is 15.1 Å². The predicted octanol–water partition coefficient (Wildman–Crippen LogP) is 2.86. The highest BCUT2D eigenvalue weighted by Gasteiger charge is 2.28. The molecule has 2 heterocycles. The number of rotatable bonds is 7. The summed E-state index contributed by atoms with van der Waals surface area (Å²) in [5, 5.41) is 13.6. The molecule has 0 bridgehead atoms. The van der Waals surface area contributed by atoms with E-state index in [0.717, 1.165) is 18.5 Å². The van der Waals surface area contributed by atoms with Crippen LogP contribution in [0, 0.1) is 0 Å². The number of amides is 1. The lowest BCUT2D eigenvalue weighted by Crippen LogP contribution is -2.39. The van der Waals surface area contributed by atoms with E-state index in [-0.39, 0.29) is 36.4 Å². The molecule has 1 N–H and O–H groups in total. The third kappa shape index (κ3) is 5.06. The van der Waals surface area contributed by atoms with Gasteiger partial charge in [-0.05, 0) is 45.6 Å². The minimum atomic E-state index is -0.918. The third-order valence-corrected chi connectivity index (χ3v) is 4.51. The molecular formula is C19H31N3O4. The van der Waals surface area contributed by atoms with Gasteiger partial charge in [0, 0.05) is 25.4 Å². The summed E-state index contributed by atoms with van der Waals surface area (Å²) in [6, 6.07) is 1.83. The number of ether oxygens (including phenoxy) is 1. The molecule has 7 heteroatoms. The number of hydrogen-bond donors (Lipinski definition) is 1. The molecule has 26 heavy (non-hydrogen) atoms. The van der Waals surface area contributed by atoms with Gasteiger partial charge in [-0.2, -0.15) is 5.10 Å². The summed E-state index contributed by atoms with van der Waals surface area (Å²) in [4.78, 5) is 25.6. The molecule has 0 saturated carbocycles. The van der Waals surface area contributed by atoms with Crippen LogP contribution in [0.15, 0.2) is 6.07 Å². The molecule has 1 fully saturated rings. The monoisotopic (exact) mass is 365 g/mol. The Hall–Kier alpha value is -1.89. The minimum Gasteiger partial charge on any atom is -0.481 e. The predicted molar refractivity (Wildman–Crippen MR) is 98.4 cm³/mol. The van der Waals surface area contributed by atoms with Crippen molar-refractivity contribution in [2.24, 2.45) is 0 Å². The van der Waals surface area contributed by atoms with Crippen LogP contribution in [0.2, 0.25) is 0 Å². The Balaban J connectivity index is 2.26. The number of carboxylic acids is 1. The molecule has 1 atom stereocenters. The van der Waals surface area contributed by atoms with Gasteiger partial charge in [0.15, 0.2) is 5.69 Å². The van der Waals surface area contributed by atoms with Crippen molar-refractivity contribution >= 4 is 11.9 Å². The van der Waals surface area contributed by atoms with Crippen molar-refractivity contribution in [1.82, 2.24) is 14.7 Å². The standard InChI is InChI=1S/C19H31N3O4/c1-13(2)16-11-15(20-22(16)19(3,4)5)18(25)21(9-8-17(23)24)12-14-7-6-10-26-14/h11,13-14H,6-10,12H2,1-5H3,(H,23,24)/t14-/m1/s1. The summed E-state index contributed by atoms with van der Waals surface area (Å²) in [7, 11) is 0. The summed E-state index contributed by atoms with van der Waals surface area (Å²) in [5.41, 5.74) is 1.13. The SMILES string of the molecule is CC(C)c1cc(C(=O)N(CCC(=O)O)C[C@H]2CCCO2)nn1C(C)(C)C. The summed E-state index contributed by atoms with van der Waals surface area (Å²) in [5.74, 6) is -0.918. The van der Waals surface area contributed by atoms with Gasteiger partial charge in [-0.15, -0.1) is 0 Å². The van der Waals surface area contributed by atoms with E-state index < -0.39 is 5.97 Å². The largest absolute Gasteiger partial charge is 0.481 e. The lowest BCUT2D eigenvalue weighted by atomic mass is 10.1. The van der Waals surface area contributed by atoms with Gasteiger partial charge >= 0.3 is 5.97 Å². The van der Waals surface area contributed by atoms with Gasteiger partial charge in [0.05, 0.1) is 18.1 Å². The Morgan fingerprint density at radius 3 is 2.58 bits per heavy atom. The van der Waals surface area contributed by atoms with Crippen molar-refractivity contribution in [2.75, 3.05) is 19.7 Å². The van der Waals surface area contributed by atoms with Crippen molar-refractivity contribution in [3.63, 3.8) is 0 Å². The molecule has 1 aromatic heterocycles. The first-order valence-electron chi connectivity index (χ1n) is 9.32. The fraction of sp³-hybridized carbons (Fsp3) is 0.737. The van der Waals surface area contributed by atoms with Gasteiger partial charge in [-0.25, -0.2) is 0 Å². The lowest BCUT2D eigenvalue weighted by Gasteiger charge is -2.25. The molecule has 1 aromatic rings. The summed E-state index contributed by atoms with van der Waals surface area (Å²) in [6.45, 7) is 11.6. The van der Waals surface area contributed by atoms with Crippen molar-refractivity contribution in [3.05, 3.63) is 17.5 Å². The number of aromatic nitrogens is 2. The number of nitrogens with zero attached hydrogens (tertiary/aromatic N) is 3. The van der Waals surface area contributed by atoms with Crippen molar-refractivity contribution in [3.8, 4) is 0 Å². The molecule has 0 aliphatic carbocycles. The number of aliphatic carboxylic acids is 1. The van der Waals surface area contributed by atoms with E-state index in [4.69, 9.17) is 9.84 Å². The smallest absolute Gasteiger partial charge is 0.305 e. The summed E-state index contributed by atoms with van der Waals surface area (Å²) < 4.78 is 7.53. The van der Waals surface area contributed by atoms with Crippen LogP contribution in [0.1, 0.15) is 76.0 Å². The zero-order valence-electron chi connectivity index (χ0n) is 16.5. The van der Waals surface area contributed by atoms with Gasteiger partial charge in [0.2, 0.25) is 0 Å². The lowest BCUT2D eigenvalue weighted by molar-refractivity contribution is -0.137. The van der Waals surface area contributed by atoms with Gasteiger partial charge < -0.3 is 14.7 Å². The van der Waals surface area contributed by atoms with E-state index in [1.54, 1.807) is 4.90 Å². The first-order chi connectivity index (χ1) is 12.1. The molecule has 7 nitrogen and oxygen atoms in total. The molecule has 1 saturated heterocycles. The first kappa shape index (κ1) is 20.4. The Kier molecular flexibility index (Phi) is 6.44. The Morgan fingerprint density at radius 1 is 1.42 bits per heavy atom. The second-order valence-electron chi connectivity index (χ2n) is 8.22. The van der Waals surface area contributed by atoms with Crippen molar-refractivity contribution in [2.45, 2.75) is 71.4 Å². The highest BCUT2D eigenvalue weighted by molar-refractivity contribution is 5.92. The fourth-order valence-corrected chi connectivity index (χ4v) is 3.15. The maximum atomic E-state index is 13.1. The Bertz CT molecular complexity index is 640. The van der Waals surface area contributed by atoms with Crippen molar-refractivity contribution in [1.29, 1.82) is 0 Å². The zero-order chi connectivity index (χ0) is 19.5. The number of carbonyl (C=O) groups is 2. The molecule has 1 amide bonds. The molecule has 2 rings (SSSR count). The Morgan fingerprint density at radius 2 is 2.12 bits per heavy atom.